The minimum atomic E-state index is -0.148. The van der Waals surface area contributed by atoms with Gasteiger partial charge in [0.05, 0.1) is 5.02 Å². The minimum absolute atomic E-state index is 0.148. The molecule has 0 spiro atoms. The molecule has 3 aromatic rings. The SMILES string of the molecule is Nc1cc(C(=O)c2c[nH]c3cc(Cl)cc(Cl)c23)ccc1Br. The largest absolute Gasteiger partial charge is 0.398 e. The fourth-order valence-electron chi connectivity index (χ4n) is 2.20. The van der Waals surface area contributed by atoms with Crippen molar-refractivity contribution in [3.8, 4) is 0 Å². The highest BCUT2D eigenvalue weighted by atomic mass is 79.9. The molecule has 2 aromatic carbocycles. The number of fused-ring (bicyclic) bond motifs is 1. The third-order valence-electron chi connectivity index (χ3n) is 3.20. The van der Waals surface area contributed by atoms with Crippen LogP contribution in [0.2, 0.25) is 10.0 Å². The number of hydrogen-bond acceptors (Lipinski definition) is 2. The van der Waals surface area contributed by atoms with Gasteiger partial charge in [0, 0.05) is 43.4 Å². The molecule has 0 bridgehead atoms. The van der Waals surface area contributed by atoms with Gasteiger partial charge < -0.3 is 10.7 Å². The van der Waals surface area contributed by atoms with Gasteiger partial charge in [-0.3, -0.25) is 4.79 Å². The lowest BCUT2D eigenvalue weighted by Gasteiger charge is -2.04. The van der Waals surface area contributed by atoms with E-state index < -0.39 is 0 Å². The first kappa shape index (κ1) is 14.4. The predicted octanol–water partition coefficient (Wildman–Crippen LogP) is 5.05. The van der Waals surface area contributed by atoms with E-state index in [1.54, 1.807) is 36.5 Å². The first-order chi connectivity index (χ1) is 9.97. The van der Waals surface area contributed by atoms with Gasteiger partial charge in [0.15, 0.2) is 5.78 Å². The second-order valence-corrected chi connectivity index (χ2v) is 6.28. The van der Waals surface area contributed by atoms with Crippen molar-refractivity contribution < 1.29 is 4.79 Å². The van der Waals surface area contributed by atoms with Crippen LogP contribution in [0.25, 0.3) is 10.9 Å². The molecule has 3 N–H and O–H groups in total. The number of halogens is 3. The van der Waals surface area contributed by atoms with Gasteiger partial charge in [0.1, 0.15) is 0 Å². The molecule has 3 rings (SSSR count). The zero-order chi connectivity index (χ0) is 15.1. The number of aromatic amines is 1. The van der Waals surface area contributed by atoms with Crippen molar-refractivity contribution in [2.45, 2.75) is 0 Å². The summed E-state index contributed by atoms with van der Waals surface area (Å²) in [6, 6.07) is 8.44. The van der Waals surface area contributed by atoms with E-state index in [9.17, 15) is 4.79 Å². The summed E-state index contributed by atoms with van der Waals surface area (Å²) in [4.78, 5) is 15.7. The number of carbonyl (C=O) groups is 1. The second kappa shape index (κ2) is 5.37. The Bertz CT molecular complexity index is 873. The van der Waals surface area contributed by atoms with Crippen molar-refractivity contribution in [1.82, 2.24) is 4.98 Å². The van der Waals surface area contributed by atoms with Gasteiger partial charge >= 0.3 is 0 Å². The normalized spacial score (nSPS) is 11.0. The summed E-state index contributed by atoms with van der Waals surface area (Å²) in [5, 5.41) is 1.61. The van der Waals surface area contributed by atoms with E-state index in [-0.39, 0.29) is 5.78 Å². The van der Waals surface area contributed by atoms with Crippen LogP contribution in [-0.4, -0.2) is 10.8 Å². The topological polar surface area (TPSA) is 58.9 Å². The standard InChI is InChI=1S/C15H9BrCl2N2O/c16-10-2-1-7(3-12(10)19)15(21)9-6-20-13-5-8(17)4-11(18)14(9)13/h1-6,20H,19H2. The summed E-state index contributed by atoms with van der Waals surface area (Å²) < 4.78 is 0.753. The smallest absolute Gasteiger partial charge is 0.195 e. The second-order valence-electron chi connectivity index (χ2n) is 4.58. The number of carbonyl (C=O) groups excluding carboxylic acids is 1. The molecule has 1 heterocycles. The summed E-state index contributed by atoms with van der Waals surface area (Å²) in [7, 11) is 0. The molecule has 0 saturated carbocycles. The van der Waals surface area contributed by atoms with Gasteiger partial charge in [-0.15, -0.1) is 0 Å². The zero-order valence-electron chi connectivity index (χ0n) is 10.6. The van der Waals surface area contributed by atoms with Crippen molar-refractivity contribution in [1.29, 1.82) is 0 Å². The maximum atomic E-state index is 12.6. The summed E-state index contributed by atoms with van der Waals surface area (Å²) in [5.41, 5.74) is 8.05. The number of nitrogen functional groups attached to an aromatic ring is 1. The van der Waals surface area contributed by atoms with Gasteiger partial charge in [0.2, 0.25) is 0 Å². The highest BCUT2D eigenvalue weighted by Crippen LogP contribution is 2.32. The molecule has 0 saturated heterocycles. The molecule has 0 aliphatic carbocycles. The van der Waals surface area contributed by atoms with Crippen molar-refractivity contribution in [2.75, 3.05) is 5.73 Å². The third kappa shape index (κ3) is 2.55. The van der Waals surface area contributed by atoms with Crippen molar-refractivity contribution in [3.05, 3.63) is 62.2 Å². The first-order valence-electron chi connectivity index (χ1n) is 6.03. The molecule has 3 nitrogen and oxygen atoms in total. The molecule has 0 fully saturated rings. The number of ketones is 1. The Morgan fingerprint density at radius 2 is 1.95 bits per heavy atom. The monoisotopic (exact) mass is 382 g/mol. The van der Waals surface area contributed by atoms with Crippen molar-refractivity contribution >= 4 is 61.5 Å². The van der Waals surface area contributed by atoms with Crippen LogP contribution in [0, 0.1) is 0 Å². The van der Waals surface area contributed by atoms with E-state index in [2.05, 4.69) is 20.9 Å². The number of hydrogen-bond donors (Lipinski definition) is 2. The Hall–Kier alpha value is -1.49. The highest BCUT2D eigenvalue weighted by Gasteiger charge is 2.17. The van der Waals surface area contributed by atoms with E-state index in [4.69, 9.17) is 28.9 Å². The Morgan fingerprint density at radius 1 is 1.19 bits per heavy atom. The number of benzene rings is 2. The van der Waals surface area contributed by atoms with Crippen LogP contribution >= 0.6 is 39.1 Å². The Labute approximate surface area is 139 Å². The summed E-state index contributed by atoms with van der Waals surface area (Å²) in [6.45, 7) is 0. The van der Waals surface area contributed by atoms with Crippen LogP contribution < -0.4 is 5.73 Å². The molecule has 106 valence electrons. The number of anilines is 1. The lowest BCUT2D eigenvalue weighted by molar-refractivity contribution is 0.104. The van der Waals surface area contributed by atoms with E-state index in [1.165, 1.54) is 0 Å². The molecule has 0 atom stereocenters. The Morgan fingerprint density at radius 3 is 2.67 bits per heavy atom. The van der Waals surface area contributed by atoms with Crippen LogP contribution in [0.3, 0.4) is 0 Å². The number of rotatable bonds is 2. The van der Waals surface area contributed by atoms with Gasteiger partial charge in [0.25, 0.3) is 0 Å². The van der Waals surface area contributed by atoms with Crippen LogP contribution in [0.1, 0.15) is 15.9 Å². The summed E-state index contributed by atoms with van der Waals surface area (Å²) in [6.07, 6.45) is 1.63. The van der Waals surface area contributed by atoms with Crippen molar-refractivity contribution in [2.24, 2.45) is 0 Å². The molecule has 21 heavy (non-hydrogen) atoms. The Balaban J connectivity index is 2.16. The van der Waals surface area contributed by atoms with Crippen molar-refractivity contribution in [3.63, 3.8) is 0 Å². The number of H-pyrrole nitrogens is 1. The van der Waals surface area contributed by atoms with E-state index in [0.717, 1.165) is 9.99 Å². The third-order valence-corrected chi connectivity index (χ3v) is 4.44. The lowest BCUT2D eigenvalue weighted by atomic mass is 10.0. The van der Waals surface area contributed by atoms with Crippen LogP contribution in [-0.2, 0) is 0 Å². The van der Waals surface area contributed by atoms with Gasteiger partial charge in [-0.25, -0.2) is 0 Å². The quantitative estimate of drug-likeness (QED) is 0.480. The molecular formula is C15H9BrCl2N2O. The average molecular weight is 384 g/mol. The average Bonchev–Trinajstić information content (AvgIpc) is 2.85. The molecule has 0 aliphatic heterocycles. The molecule has 0 unspecified atom stereocenters. The van der Waals surface area contributed by atoms with E-state index in [1.807, 2.05) is 0 Å². The number of nitrogens with two attached hydrogens (primary N) is 1. The molecule has 1 aromatic heterocycles. The maximum absolute atomic E-state index is 12.6. The van der Waals surface area contributed by atoms with Crippen LogP contribution in [0.5, 0.6) is 0 Å². The fourth-order valence-corrected chi connectivity index (χ4v) is 3.04. The fraction of sp³-hybridized carbons (Fsp3) is 0. The van der Waals surface area contributed by atoms with Gasteiger partial charge in [-0.1, -0.05) is 23.2 Å². The Kier molecular flexibility index (Phi) is 3.69. The van der Waals surface area contributed by atoms with Crippen LogP contribution in [0.15, 0.2) is 41.0 Å². The van der Waals surface area contributed by atoms with Gasteiger partial charge in [-0.05, 0) is 46.3 Å². The number of aromatic nitrogens is 1. The highest BCUT2D eigenvalue weighted by molar-refractivity contribution is 9.10. The molecule has 6 heteroatoms. The molecule has 0 radical (unpaired) electrons. The maximum Gasteiger partial charge on any atom is 0.195 e. The molecular weight excluding hydrogens is 375 g/mol. The zero-order valence-corrected chi connectivity index (χ0v) is 13.7. The summed E-state index contributed by atoms with van der Waals surface area (Å²) >= 11 is 15.5. The predicted molar refractivity (Wildman–Crippen MR) is 90.3 cm³/mol. The van der Waals surface area contributed by atoms with Gasteiger partial charge in [-0.2, -0.15) is 0 Å². The first-order valence-corrected chi connectivity index (χ1v) is 7.58. The van der Waals surface area contributed by atoms with E-state index in [0.29, 0.717) is 32.2 Å². The summed E-state index contributed by atoms with van der Waals surface area (Å²) in [5.74, 6) is -0.148. The lowest BCUT2D eigenvalue weighted by Crippen LogP contribution is -2.02. The van der Waals surface area contributed by atoms with E-state index >= 15 is 0 Å². The minimum Gasteiger partial charge on any atom is -0.398 e. The molecule has 0 aliphatic rings. The molecule has 0 amide bonds. The number of nitrogens with one attached hydrogen (secondary N) is 1. The van der Waals surface area contributed by atoms with Crippen LogP contribution in [0.4, 0.5) is 5.69 Å².